The van der Waals surface area contributed by atoms with Gasteiger partial charge in [-0.1, -0.05) is 33.8 Å². The quantitative estimate of drug-likeness (QED) is 0.630. The van der Waals surface area contributed by atoms with Gasteiger partial charge in [0.1, 0.15) is 0 Å². The Kier molecular flexibility index (Phi) is 7.72. The van der Waals surface area contributed by atoms with Crippen molar-refractivity contribution in [2.45, 2.75) is 43.6 Å². The first kappa shape index (κ1) is 12.0. The molecule has 0 N–H and O–H groups in total. The fraction of sp³-hybridized carbons (Fsp3) is 0.600. The third kappa shape index (κ3) is 4.83. The van der Waals surface area contributed by atoms with Gasteiger partial charge in [0.25, 0.3) is 0 Å². The first-order valence-corrected chi connectivity index (χ1v) is 6.29. The van der Waals surface area contributed by atoms with Gasteiger partial charge in [0.05, 0.1) is 4.21 Å². The van der Waals surface area contributed by atoms with Crippen molar-refractivity contribution in [3.05, 3.63) is 17.5 Å². The van der Waals surface area contributed by atoms with Crippen LogP contribution < -0.4 is 0 Å². The smallest absolute Gasteiger partial charge is 0.0601 e. The standard InChI is InChI=1S/C8H12S2.C2H6.H2/c1-3-7(2)10-8-5-4-6-9-8;1-2;/h4-7H,3H2,1-2H3;1-2H3;1H. The molecular weight excluding hydrogens is 184 g/mol. The highest BCUT2D eigenvalue weighted by atomic mass is 32.2. The van der Waals surface area contributed by atoms with Crippen molar-refractivity contribution in [1.29, 1.82) is 0 Å². The minimum atomic E-state index is 0. The van der Waals surface area contributed by atoms with Gasteiger partial charge < -0.3 is 0 Å². The molecule has 1 aromatic rings. The Balaban J connectivity index is 0. The Morgan fingerprint density at radius 1 is 1.58 bits per heavy atom. The molecule has 2 heteroatoms. The summed E-state index contributed by atoms with van der Waals surface area (Å²) >= 11 is 3.80. The maximum Gasteiger partial charge on any atom is 0.0601 e. The van der Waals surface area contributed by atoms with Crippen LogP contribution in [0.1, 0.15) is 35.5 Å². The maximum absolute atomic E-state index is 2.27. The first-order chi connectivity index (χ1) is 5.83. The molecule has 0 saturated carbocycles. The molecule has 0 nitrogen and oxygen atoms in total. The summed E-state index contributed by atoms with van der Waals surface area (Å²) in [6.45, 7) is 8.50. The highest BCUT2D eigenvalue weighted by Gasteiger charge is 2.00. The highest BCUT2D eigenvalue weighted by molar-refractivity contribution is 8.01. The van der Waals surface area contributed by atoms with E-state index in [-0.39, 0.29) is 1.43 Å². The van der Waals surface area contributed by atoms with Crippen LogP contribution in [0.25, 0.3) is 0 Å². The Hall–Kier alpha value is 0.0500. The van der Waals surface area contributed by atoms with Crippen molar-refractivity contribution in [1.82, 2.24) is 0 Å². The summed E-state index contributed by atoms with van der Waals surface area (Å²) in [4.78, 5) is 0. The average Bonchev–Trinajstić information content (AvgIpc) is 2.60. The number of thiophene rings is 1. The normalized spacial score (nSPS) is 11.7. The van der Waals surface area contributed by atoms with E-state index in [4.69, 9.17) is 0 Å². The zero-order valence-electron chi connectivity index (χ0n) is 8.33. The van der Waals surface area contributed by atoms with Crippen molar-refractivity contribution in [3.8, 4) is 0 Å². The molecule has 1 heterocycles. The Morgan fingerprint density at radius 2 is 2.25 bits per heavy atom. The van der Waals surface area contributed by atoms with Gasteiger partial charge >= 0.3 is 0 Å². The third-order valence-corrected chi connectivity index (χ3v) is 3.73. The molecule has 1 atom stereocenters. The van der Waals surface area contributed by atoms with Crippen LogP contribution in [0.2, 0.25) is 0 Å². The van der Waals surface area contributed by atoms with Crippen LogP contribution in [0.15, 0.2) is 21.7 Å². The molecule has 0 radical (unpaired) electrons. The van der Waals surface area contributed by atoms with Gasteiger partial charge in [-0.15, -0.1) is 23.1 Å². The monoisotopic (exact) mass is 204 g/mol. The highest BCUT2D eigenvalue weighted by Crippen LogP contribution is 2.28. The lowest BCUT2D eigenvalue weighted by Crippen LogP contribution is -1.89. The van der Waals surface area contributed by atoms with E-state index < -0.39 is 0 Å². The Morgan fingerprint density at radius 3 is 2.67 bits per heavy atom. The van der Waals surface area contributed by atoms with Gasteiger partial charge in [0.15, 0.2) is 0 Å². The Labute approximate surface area is 85.9 Å². The molecule has 0 spiro atoms. The predicted molar refractivity (Wildman–Crippen MR) is 63.4 cm³/mol. The fourth-order valence-corrected chi connectivity index (χ4v) is 2.66. The zero-order chi connectivity index (χ0) is 9.40. The molecule has 12 heavy (non-hydrogen) atoms. The zero-order valence-corrected chi connectivity index (χ0v) is 9.97. The molecular formula is C10H20S2. The second kappa shape index (κ2) is 7.69. The molecule has 1 unspecified atom stereocenters. The van der Waals surface area contributed by atoms with Gasteiger partial charge in [0, 0.05) is 6.68 Å². The van der Waals surface area contributed by atoms with Crippen molar-refractivity contribution in [2.24, 2.45) is 0 Å². The molecule has 0 aliphatic rings. The van der Waals surface area contributed by atoms with Crippen LogP contribution >= 0.6 is 23.1 Å². The second-order valence-electron chi connectivity index (χ2n) is 2.27. The van der Waals surface area contributed by atoms with Crippen molar-refractivity contribution in [3.63, 3.8) is 0 Å². The van der Waals surface area contributed by atoms with Crippen molar-refractivity contribution >= 4 is 23.1 Å². The summed E-state index contributed by atoms with van der Waals surface area (Å²) < 4.78 is 1.44. The molecule has 72 valence electrons. The lowest BCUT2D eigenvalue weighted by molar-refractivity contribution is 0.907. The van der Waals surface area contributed by atoms with Gasteiger partial charge in [0.2, 0.25) is 0 Å². The molecule has 0 amide bonds. The van der Waals surface area contributed by atoms with E-state index in [2.05, 4.69) is 31.4 Å². The summed E-state index contributed by atoms with van der Waals surface area (Å²) in [6.07, 6.45) is 1.25. The third-order valence-electron chi connectivity index (χ3n) is 1.39. The summed E-state index contributed by atoms with van der Waals surface area (Å²) in [5.41, 5.74) is 0. The number of thioether (sulfide) groups is 1. The SMILES string of the molecule is CC.CCC(C)Sc1cccs1.[HH]. The molecule has 1 aromatic heterocycles. The minimum Gasteiger partial charge on any atom is -0.137 e. The summed E-state index contributed by atoms with van der Waals surface area (Å²) in [5.74, 6) is 0. The number of hydrogen-bond donors (Lipinski definition) is 0. The molecule has 1 rings (SSSR count). The van der Waals surface area contributed by atoms with E-state index in [1.54, 1.807) is 0 Å². The van der Waals surface area contributed by atoms with E-state index in [1.807, 2.05) is 36.9 Å². The summed E-state index contributed by atoms with van der Waals surface area (Å²) in [6, 6.07) is 4.29. The van der Waals surface area contributed by atoms with Gasteiger partial charge in [-0.2, -0.15) is 0 Å². The number of rotatable bonds is 3. The average molecular weight is 204 g/mol. The summed E-state index contributed by atoms with van der Waals surface area (Å²) in [5, 5.41) is 2.89. The topological polar surface area (TPSA) is 0 Å². The maximum atomic E-state index is 2.27. The minimum absolute atomic E-state index is 0. The van der Waals surface area contributed by atoms with E-state index >= 15 is 0 Å². The molecule has 0 aromatic carbocycles. The second-order valence-corrected chi connectivity index (χ2v) is 4.96. The van der Waals surface area contributed by atoms with Crippen LogP contribution in [-0.4, -0.2) is 5.25 Å². The van der Waals surface area contributed by atoms with Crippen LogP contribution in [0, 0.1) is 0 Å². The van der Waals surface area contributed by atoms with Crippen molar-refractivity contribution in [2.75, 3.05) is 0 Å². The largest absolute Gasteiger partial charge is 0.137 e. The summed E-state index contributed by atoms with van der Waals surface area (Å²) in [7, 11) is 0. The van der Waals surface area contributed by atoms with E-state index in [0.29, 0.717) is 0 Å². The lowest BCUT2D eigenvalue weighted by atomic mass is 10.4. The lowest BCUT2D eigenvalue weighted by Gasteiger charge is -2.03. The predicted octanol–water partition coefficient (Wildman–Crippen LogP) is 4.91. The molecule has 0 saturated heterocycles. The van der Waals surface area contributed by atoms with Crippen LogP contribution in [-0.2, 0) is 0 Å². The van der Waals surface area contributed by atoms with Gasteiger partial charge in [-0.25, -0.2) is 0 Å². The molecule has 0 fully saturated rings. The van der Waals surface area contributed by atoms with E-state index in [9.17, 15) is 0 Å². The van der Waals surface area contributed by atoms with Gasteiger partial charge in [-0.05, 0) is 17.9 Å². The van der Waals surface area contributed by atoms with E-state index in [0.717, 1.165) is 5.25 Å². The van der Waals surface area contributed by atoms with Crippen LogP contribution in [0.3, 0.4) is 0 Å². The Bertz CT molecular complexity index is 173. The van der Waals surface area contributed by atoms with Gasteiger partial charge in [-0.3, -0.25) is 0 Å². The first-order valence-electron chi connectivity index (χ1n) is 4.53. The van der Waals surface area contributed by atoms with Crippen molar-refractivity contribution < 1.29 is 1.43 Å². The molecule has 0 aliphatic carbocycles. The fourth-order valence-electron chi connectivity index (χ4n) is 0.612. The van der Waals surface area contributed by atoms with Crippen LogP contribution in [0.4, 0.5) is 0 Å². The van der Waals surface area contributed by atoms with Crippen LogP contribution in [0.5, 0.6) is 0 Å². The number of hydrogen-bond acceptors (Lipinski definition) is 2. The molecule has 0 aliphatic heterocycles. The molecule has 0 bridgehead atoms. The van der Waals surface area contributed by atoms with E-state index in [1.165, 1.54) is 10.6 Å².